The lowest BCUT2D eigenvalue weighted by Gasteiger charge is -2.30. The zero-order valence-electron chi connectivity index (χ0n) is 11.9. The second-order valence-electron chi connectivity index (χ2n) is 5.37. The van der Waals surface area contributed by atoms with Gasteiger partial charge in [-0.15, -0.1) is 0 Å². The van der Waals surface area contributed by atoms with E-state index in [9.17, 15) is 21.6 Å². The molecule has 0 rings (SSSR count). The van der Waals surface area contributed by atoms with Crippen LogP contribution in [0.2, 0.25) is 0 Å². The van der Waals surface area contributed by atoms with E-state index in [0.717, 1.165) is 6.26 Å². The van der Waals surface area contributed by atoms with Crippen molar-refractivity contribution in [1.82, 2.24) is 0 Å². The zero-order chi connectivity index (χ0) is 16.4. The van der Waals surface area contributed by atoms with E-state index in [0.29, 0.717) is 6.26 Å². The van der Waals surface area contributed by atoms with Gasteiger partial charge in [0.1, 0.15) is 6.54 Å². The smallest absolute Gasteiger partial charge is 0.337 e. The molecule has 2 atom stereocenters. The summed E-state index contributed by atoms with van der Waals surface area (Å²) in [4.78, 5) is 11.1. The third-order valence-corrected chi connectivity index (χ3v) is 3.04. The molecule has 0 radical (unpaired) electrons. The molecule has 0 aromatic heterocycles. The average molecular weight is 334 g/mol. The molecule has 0 aromatic rings. The summed E-state index contributed by atoms with van der Waals surface area (Å²) in [6.45, 7) is -0.0838. The highest BCUT2D eigenvalue weighted by Crippen LogP contribution is 2.13. The Hall–Kier alpha value is -0.750. The van der Waals surface area contributed by atoms with Crippen LogP contribution in [0.3, 0.4) is 0 Å². The van der Waals surface area contributed by atoms with Crippen molar-refractivity contribution >= 4 is 26.2 Å². The molecule has 0 aliphatic carbocycles. The third-order valence-electron chi connectivity index (χ3n) is 1.89. The number of likely N-dealkylation sites (N-methyl/N-ethyl adjacent to an activating group) is 1. The average Bonchev–Trinajstić information content (AvgIpc) is 2.06. The van der Waals surface area contributed by atoms with Gasteiger partial charge in [0.05, 0.1) is 33.7 Å². The first kappa shape index (κ1) is 19.2. The van der Waals surface area contributed by atoms with Crippen molar-refractivity contribution in [3.05, 3.63) is 0 Å². The van der Waals surface area contributed by atoms with Crippen LogP contribution in [0.25, 0.3) is 0 Å². The van der Waals surface area contributed by atoms with Crippen molar-refractivity contribution < 1.29 is 39.6 Å². The molecule has 0 aromatic carbocycles. The lowest BCUT2D eigenvalue weighted by molar-refractivity contribution is -0.873. The van der Waals surface area contributed by atoms with Crippen LogP contribution in [0, 0.1) is 0 Å². The van der Waals surface area contributed by atoms with Crippen molar-refractivity contribution in [2.24, 2.45) is 0 Å². The summed E-state index contributed by atoms with van der Waals surface area (Å²) in [7, 11) is -3.07. The Morgan fingerprint density at radius 3 is 1.70 bits per heavy atom. The molecule has 0 spiro atoms. The fraction of sp³-hybridized carbons (Fsp3) is 0.889. The van der Waals surface area contributed by atoms with Crippen LogP contribution in [-0.2, 0) is 33.4 Å². The Labute approximate surface area is 118 Å². The van der Waals surface area contributed by atoms with Crippen LogP contribution in [0.1, 0.15) is 0 Å². The van der Waals surface area contributed by atoms with Crippen LogP contribution in [0.15, 0.2) is 0 Å². The molecule has 9 nitrogen and oxygen atoms in total. The highest BCUT2D eigenvalue weighted by Gasteiger charge is 2.39. The first-order valence-corrected chi connectivity index (χ1v) is 9.04. The predicted octanol–water partition coefficient (Wildman–Crippen LogP) is -1.53. The lowest BCUT2D eigenvalue weighted by atomic mass is 10.2. The molecular weight excluding hydrogens is 314 g/mol. The third kappa shape index (κ3) is 9.20. The molecule has 0 heterocycles. The molecule has 0 amide bonds. The molecule has 1 N–H and O–H groups in total. The molecule has 120 valence electrons. The number of nitrogens with zero attached hydrogens (tertiary/aromatic N) is 1. The summed E-state index contributed by atoms with van der Waals surface area (Å²) in [6, 6.07) is 0. The van der Waals surface area contributed by atoms with Crippen LogP contribution < -0.4 is 0 Å². The van der Waals surface area contributed by atoms with Gasteiger partial charge in [0.15, 0.2) is 6.10 Å². The minimum Gasteiger partial charge on any atom is -0.479 e. The zero-order valence-corrected chi connectivity index (χ0v) is 13.6. The Kier molecular flexibility index (Phi) is 6.11. The number of hydrogen-bond acceptors (Lipinski definition) is 7. The van der Waals surface area contributed by atoms with E-state index >= 15 is 0 Å². The van der Waals surface area contributed by atoms with Gasteiger partial charge < -0.3 is 9.59 Å². The molecule has 11 heteroatoms. The molecule has 0 aliphatic rings. The monoisotopic (exact) mass is 334 g/mol. The van der Waals surface area contributed by atoms with Crippen molar-refractivity contribution in [3.8, 4) is 0 Å². The van der Waals surface area contributed by atoms with Gasteiger partial charge in [-0.2, -0.15) is 16.8 Å². The number of carbonyl (C=O) groups is 1. The molecule has 0 saturated heterocycles. The molecule has 0 aliphatic heterocycles. The minimum absolute atomic E-state index is 0.0838. The second kappa shape index (κ2) is 6.35. The van der Waals surface area contributed by atoms with Crippen LogP contribution in [-0.4, -0.2) is 84.8 Å². The van der Waals surface area contributed by atoms with Gasteiger partial charge in [-0.3, -0.25) is 8.37 Å². The first-order chi connectivity index (χ1) is 8.61. The summed E-state index contributed by atoms with van der Waals surface area (Å²) < 4.78 is 53.8. The van der Waals surface area contributed by atoms with E-state index in [-0.39, 0.29) is 11.0 Å². The number of quaternary nitrogens is 1. The molecule has 0 bridgehead atoms. The SMILES string of the molecule is C[N+](C)(C)CC(OS(C)(=O)=O)[C@H](OS(C)(=O)=O)C(=O)O. The highest BCUT2D eigenvalue weighted by molar-refractivity contribution is 7.86. The maximum Gasteiger partial charge on any atom is 0.337 e. The maximum atomic E-state index is 11.2. The van der Waals surface area contributed by atoms with E-state index in [1.54, 1.807) is 21.1 Å². The second-order valence-corrected chi connectivity index (χ2v) is 8.57. The quantitative estimate of drug-likeness (QED) is 0.419. The molecular formula is C9H20NO8S2+. The summed E-state index contributed by atoms with van der Waals surface area (Å²) in [6.07, 6.45) is -2.00. The summed E-state index contributed by atoms with van der Waals surface area (Å²) in [5, 5.41) is 9.03. The normalized spacial score (nSPS) is 16.6. The van der Waals surface area contributed by atoms with Crippen molar-refractivity contribution in [2.75, 3.05) is 40.2 Å². The molecule has 20 heavy (non-hydrogen) atoms. The van der Waals surface area contributed by atoms with Gasteiger partial charge in [-0.25, -0.2) is 4.79 Å². The van der Waals surface area contributed by atoms with E-state index in [1.165, 1.54) is 0 Å². The van der Waals surface area contributed by atoms with Crippen molar-refractivity contribution in [2.45, 2.75) is 12.2 Å². The Bertz CT molecular complexity index is 545. The summed E-state index contributed by atoms with van der Waals surface area (Å²) in [5.41, 5.74) is 0. The van der Waals surface area contributed by atoms with Crippen LogP contribution in [0.4, 0.5) is 0 Å². The summed E-state index contributed by atoms with van der Waals surface area (Å²) in [5.74, 6) is -1.63. The highest BCUT2D eigenvalue weighted by atomic mass is 32.2. The fourth-order valence-corrected chi connectivity index (χ4v) is 2.59. The number of aliphatic carboxylic acids is 1. The van der Waals surface area contributed by atoms with Crippen LogP contribution in [0.5, 0.6) is 0 Å². The van der Waals surface area contributed by atoms with Crippen molar-refractivity contribution in [1.29, 1.82) is 0 Å². The molecule has 0 fully saturated rings. The van der Waals surface area contributed by atoms with Gasteiger partial charge in [0.25, 0.3) is 20.2 Å². The topological polar surface area (TPSA) is 124 Å². The van der Waals surface area contributed by atoms with E-state index < -0.39 is 38.4 Å². The Balaban J connectivity index is 5.47. The van der Waals surface area contributed by atoms with Crippen molar-refractivity contribution in [3.63, 3.8) is 0 Å². The standard InChI is InChI=1S/C9H19NO8S2/c1-10(2,3)6-7(17-19(4,13)14)8(9(11)12)18-20(5,15)16/h7-8H,6H2,1-5H3/p+1/t7?,8-/m0/s1. The Morgan fingerprint density at radius 1 is 1.05 bits per heavy atom. The van der Waals surface area contributed by atoms with Gasteiger partial charge in [0, 0.05) is 0 Å². The number of carboxylic acid groups (broad SMARTS) is 1. The maximum absolute atomic E-state index is 11.2. The minimum atomic E-state index is -4.09. The summed E-state index contributed by atoms with van der Waals surface area (Å²) >= 11 is 0. The number of rotatable bonds is 8. The largest absolute Gasteiger partial charge is 0.479 e. The number of carboxylic acids is 1. The van der Waals surface area contributed by atoms with E-state index in [1.807, 2.05) is 0 Å². The molecule has 0 saturated carbocycles. The van der Waals surface area contributed by atoms with Gasteiger partial charge >= 0.3 is 5.97 Å². The predicted molar refractivity (Wildman–Crippen MR) is 70.0 cm³/mol. The number of hydrogen-bond donors (Lipinski definition) is 1. The van der Waals surface area contributed by atoms with Crippen LogP contribution >= 0.6 is 0 Å². The lowest BCUT2D eigenvalue weighted by Crippen LogP contribution is -2.51. The van der Waals surface area contributed by atoms with Gasteiger partial charge in [0.2, 0.25) is 6.10 Å². The van der Waals surface area contributed by atoms with E-state index in [2.05, 4.69) is 8.37 Å². The van der Waals surface area contributed by atoms with Gasteiger partial charge in [-0.1, -0.05) is 0 Å². The first-order valence-electron chi connectivity index (χ1n) is 5.40. The fourth-order valence-electron chi connectivity index (χ4n) is 1.39. The molecule has 1 unspecified atom stereocenters. The van der Waals surface area contributed by atoms with Gasteiger partial charge in [-0.05, 0) is 0 Å². The Morgan fingerprint density at radius 2 is 1.45 bits per heavy atom. The van der Waals surface area contributed by atoms with E-state index in [4.69, 9.17) is 5.11 Å².